The number of alkyl carbamates (subject to hydrolysis) is 1. The van der Waals surface area contributed by atoms with Crippen LogP contribution < -0.4 is 10.1 Å². The van der Waals surface area contributed by atoms with Gasteiger partial charge < -0.3 is 14.8 Å². The molecule has 0 atom stereocenters. The van der Waals surface area contributed by atoms with Crippen molar-refractivity contribution in [1.82, 2.24) is 5.32 Å². The van der Waals surface area contributed by atoms with E-state index in [0.29, 0.717) is 24.1 Å². The molecule has 0 saturated carbocycles. The summed E-state index contributed by atoms with van der Waals surface area (Å²) in [6, 6.07) is 5.37. The highest BCUT2D eigenvalue weighted by atomic mass is 35.5. The summed E-state index contributed by atoms with van der Waals surface area (Å²) < 4.78 is 10.9. The van der Waals surface area contributed by atoms with E-state index in [-0.39, 0.29) is 0 Å². The molecule has 0 bridgehead atoms. The van der Waals surface area contributed by atoms with Crippen LogP contribution in [0.3, 0.4) is 0 Å². The van der Waals surface area contributed by atoms with E-state index in [4.69, 9.17) is 21.1 Å². The van der Waals surface area contributed by atoms with Gasteiger partial charge in [-0.25, -0.2) is 4.79 Å². The number of ether oxygens (including phenoxy) is 2. The Morgan fingerprint density at radius 2 is 2.00 bits per heavy atom. The van der Waals surface area contributed by atoms with Gasteiger partial charge in [0.25, 0.3) is 0 Å². The van der Waals surface area contributed by atoms with Crippen molar-refractivity contribution in [3.05, 3.63) is 28.8 Å². The molecule has 4 nitrogen and oxygen atoms in total. The highest BCUT2D eigenvalue weighted by Crippen LogP contribution is 2.23. The lowest BCUT2D eigenvalue weighted by Crippen LogP contribution is -2.32. The van der Waals surface area contributed by atoms with Crippen LogP contribution in [0.15, 0.2) is 18.2 Å². The first kappa shape index (κ1) is 17.6. The zero-order valence-electron chi connectivity index (χ0n) is 13.3. The van der Waals surface area contributed by atoms with Crippen molar-refractivity contribution in [2.75, 3.05) is 6.61 Å². The van der Waals surface area contributed by atoms with Crippen LogP contribution in [0.5, 0.6) is 5.75 Å². The van der Waals surface area contributed by atoms with E-state index < -0.39 is 11.7 Å². The summed E-state index contributed by atoms with van der Waals surface area (Å²) >= 11 is 6.00. The summed E-state index contributed by atoms with van der Waals surface area (Å²) in [7, 11) is 0. The number of halogens is 1. The second kappa shape index (κ2) is 7.55. The molecule has 0 aliphatic carbocycles. The Morgan fingerprint density at radius 1 is 1.33 bits per heavy atom. The van der Waals surface area contributed by atoms with Crippen LogP contribution in [0.4, 0.5) is 4.79 Å². The normalized spacial score (nSPS) is 11.4. The Balaban J connectivity index is 2.68. The van der Waals surface area contributed by atoms with E-state index in [0.717, 1.165) is 11.3 Å². The molecule has 1 rings (SSSR count). The Labute approximate surface area is 131 Å². The maximum absolute atomic E-state index is 11.7. The van der Waals surface area contributed by atoms with Gasteiger partial charge in [0.2, 0.25) is 0 Å². The van der Waals surface area contributed by atoms with E-state index in [2.05, 4.69) is 19.2 Å². The average molecular weight is 314 g/mol. The first-order valence-electron chi connectivity index (χ1n) is 7.05. The molecule has 0 aliphatic rings. The van der Waals surface area contributed by atoms with Gasteiger partial charge >= 0.3 is 6.09 Å². The molecule has 0 radical (unpaired) electrons. The van der Waals surface area contributed by atoms with Crippen LogP contribution in [-0.2, 0) is 11.3 Å². The molecule has 0 fully saturated rings. The minimum Gasteiger partial charge on any atom is -0.493 e. The molecular formula is C16H24ClNO3. The first-order chi connectivity index (χ1) is 9.67. The monoisotopic (exact) mass is 313 g/mol. The number of rotatable bonds is 5. The lowest BCUT2D eigenvalue weighted by atomic mass is 10.2. The van der Waals surface area contributed by atoms with Crippen molar-refractivity contribution in [1.29, 1.82) is 0 Å². The highest BCUT2D eigenvalue weighted by Gasteiger charge is 2.16. The third kappa shape index (κ3) is 7.23. The third-order valence-corrected chi connectivity index (χ3v) is 2.65. The molecule has 1 amide bonds. The van der Waals surface area contributed by atoms with E-state index >= 15 is 0 Å². The molecule has 1 aromatic rings. The maximum atomic E-state index is 11.7. The third-order valence-electron chi connectivity index (χ3n) is 2.42. The molecule has 0 saturated heterocycles. The van der Waals surface area contributed by atoms with Crippen LogP contribution in [-0.4, -0.2) is 18.3 Å². The molecule has 5 heteroatoms. The van der Waals surface area contributed by atoms with Gasteiger partial charge in [0, 0.05) is 17.1 Å². The molecule has 1 aromatic carbocycles. The number of benzene rings is 1. The second-order valence-electron chi connectivity index (χ2n) is 6.31. The maximum Gasteiger partial charge on any atom is 0.407 e. The van der Waals surface area contributed by atoms with Crippen molar-refractivity contribution in [2.45, 2.75) is 46.8 Å². The molecule has 0 aliphatic heterocycles. The molecule has 0 aromatic heterocycles. The van der Waals surface area contributed by atoms with Gasteiger partial charge in [0.1, 0.15) is 11.4 Å². The summed E-state index contributed by atoms with van der Waals surface area (Å²) in [6.07, 6.45) is -0.461. The molecular weight excluding hydrogens is 290 g/mol. The fourth-order valence-corrected chi connectivity index (χ4v) is 1.76. The summed E-state index contributed by atoms with van der Waals surface area (Å²) in [5.41, 5.74) is 0.309. The number of hydrogen-bond acceptors (Lipinski definition) is 3. The van der Waals surface area contributed by atoms with Crippen LogP contribution in [0.2, 0.25) is 5.02 Å². The summed E-state index contributed by atoms with van der Waals surface area (Å²) in [5, 5.41) is 3.32. The standard InChI is InChI=1S/C16H24ClNO3/c1-11(2)10-20-14-7-6-13(17)8-12(14)9-18-15(19)21-16(3,4)5/h6-8,11H,9-10H2,1-5H3,(H,18,19). The minimum atomic E-state index is -0.518. The molecule has 0 spiro atoms. The average Bonchev–Trinajstić information content (AvgIpc) is 2.33. The van der Waals surface area contributed by atoms with Crippen molar-refractivity contribution in [3.8, 4) is 5.75 Å². The topological polar surface area (TPSA) is 47.6 Å². The molecule has 21 heavy (non-hydrogen) atoms. The highest BCUT2D eigenvalue weighted by molar-refractivity contribution is 6.30. The Morgan fingerprint density at radius 3 is 2.57 bits per heavy atom. The van der Waals surface area contributed by atoms with E-state index in [9.17, 15) is 4.79 Å². The zero-order valence-corrected chi connectivity index (χ0v) is 14.1. The van der Waals surface area contributed by atoms with Crippen LogP contribution in [0.25, 0.3) is 0 Å². The van der Waals surface area contributed by atoms with Crippen molar-refractivity contribution < 1.29 is 14.3 Å². The summed E-state index contributed by atoms with van der Waals surface area (Å²) in [6.45, 7) is 10.5. The largest absolute Gasteiger partial charge is 0.493 e. The van der Waals surface area contributed by atoms with E-state index in [1.807, 2.05) is 26.8 Å². The van der Waals surface area contributed by atoms with Gasteiger partial charge in [-0.3, -0.25) is 0 Å². The second-order valence-corrected chi connectivity index (χ2v) is 6.75. The van der Waals surface area contributed by atoms with Gasteiger partial charge in [-0.05, 0) is 44.9 Å². The smallest absolute Gasteiger partial charge is 0.407 e. The molecule has 1 N–H and O–H groups in total. The van der Waals surface area contributed by atoms with Crippen LogP contribution in [0.1, 0.15) is 40.2 Å². The summed E-state index contributed by atoms with van der Waals surface area (Å²) in [5.74, 6) is 1.15. The fraction of sp³-hybridized carbons (Fsp3) is 0.562. The van der Waals surface area contributed by atoms with Gasteiger partial charge in [0.15, 0.2) is 0 Å². The fourth-order valence-electron chi connectivity index (χ4n) is 1.56. The van der Waals surface area contributed by atoms with Crippen molar-refractivity contribution in [3.63, 3.8) is 0 Å². The number of carbonyl (C=O) groups excluding carboxylic acids is 1. The Bertz CT molecular complexity index is 481. The van der Waals surface area contributed by atoms with Gasteiger partial charge in [-0.1, -0.05) is 25.4 Å². The zero-order chi connectivity index (χ0) is 16.0. The van der Waals surface area contributed by atoms with E-state index in [1.54, 1.807) is 12.1 Å². The SMILES string of the molecule is CC(C)COc1ccc(Cl)cc1CNC(=O)OC(C)(C)C. The molecule has 0 heterocycles. The van der Waals surface area contributed by atoms with Crippen LogP contribution >= 0.6 is 11.6 Å². The number of nitrogens with one attached hydrogen (secondary N) is 1. The molecule has 0 unspecified atom stereocenters. The Kier molecular flexibility index (Phi) is 6.34. The van der Waals surface area contributed by atoms with Crippen molar-refractivity contribution >= 4 is 17.7 Å². The van der Waals surface area contributed by atoms with Crippen LogP contribution in [0, 0.1) is 5.92 Å². The number of carbonyl (C=O) groups is 1. The quantitative estimate of drug-likeness (QED) is 0.876. The summed E-state index contributed by atoms with van der Waals surface area (Å²) in [4.78, 5) is 11.7. The minimum absolute atomic E-state index is 0.308. The van der Waals surface area contributed by atoms with Gasteiger partial charge in [0.05, 0.1) is 6.61 Å². The van der Waals surface area contributed by atoms with Crippen molar-refractivity contribution in [2.24, 2.45) is 5.92 Å². The predicted molar refractivity (Wildman–Crippen MR) is 84.9 cm³/mol. The molecule has 118 valence electrons. The predicted octanol–water partition coefficient (Wildman–Crippen LogP) is 4.40. The van der Waals surface area contributed by atoms with Gasteiger partial charge in [-0.2, -0.15) is 0 Å². The first-order valence-corrected chi connectivity index (χ1v) is 7.43. The van der Waals surface area contributed by atoms with Gasteiger partial charge in [-0.15, -0.1) is 0 Å². The lowest BCUT2D eigenvalue weighted by molar-refractivity contribution is 0.0523. The van der Waals surface area contributed by atoms with E-state index in [1.165, 1.54) is 0 Å². The lowest BCUT2D eigenvalue weighted by Gasteiger charge is -2.20. The Hall–Kier alpha value is -1.42. The number of amides is 1. The number of hydrogen-bond donors (Lipinski definition) is 1.